The molecule has 1 atom stereocenters. The van der Waals surface area contributed by atoms with Crippen LogP contribution in [0.5, 0.6) is 5.75 Å². The third kappa shape index (κ3) is 6.01. The van der Waals surface area contributed by atoms with E-state index < -0.39 is 10.0 Å². The number of anilines is 1. The molecule has 0 unspecified atom stereocenters. The summed E-state index contributed by atoms with van der Waals surface area (Å²) in [5, 5.41) is 2.98. The van der Waals surface area contributed by atoms with Crippen molar-refractivity contribution in [2.45, 2.75) is 24.8 Å². The molecular weight excluding hydrogens is 462 g/mol. The molecule has 35 heavy (non-hydrogen) atoms. The molecule has 2 N–H and O–H groups in total. The minimum absolute atomic E-state index is 0.0205. The molecule has 0 aromatic heterocycles. The van der Waals surface area contributed by atoms with Gasteiger partial charge in [0.2, 0.25) is 0 Å². The summed E-state index contributed by atoms with van der Waals surface area (Å²) in [5.41, 5.74) is 2.55. The Balaban J connectivity index is 1.83. The Kier molecular flexibility index (Phi) is 8.53. The first-order valence-electron chi connectivity index (χ1n) is 11.6. The first-order valence-corrected chi connectivity index (χ1v) is 13.0. The van der Waals surface area contributed by atoms with E-state index in [2.05, 4.69) is 5.32 Å². The van der Waals surface area contributed by atoms with Crippen molar-refractivity contribution in [2.24, 2.45) is 0 Å². The monoisotopic (exact) mass is 496 g/mol. The van der Waals surface area contributed by atoms with E-state index in [4.69, 9.17) is 4.74 Å². The molecule has 0 bridgehead atoms. The first kappa shape index (κ1) is 26.2. The van der Waals surface area contributed by atoms with E-state index in [-0.39, 0.29) is 23.4 Å². The number of sulfonamides is 1. The van der Waals surface area contributed by atoms with Crippen LogP contribution >= 0.6 is 0 Å². The van der Waals surface area contributed by atoms with Gasteiger partial charge in [0, 0.05) is 17.7 Å². The maximum Gasteiger partial charge on any atom is 0.264 e. The fourth-order valence-electron chi connectivity index (χ4n) is 4.01. The standard InChI is InChI=1S/C27H33N3O4S/c1-6-30(23-10-8-7-9-11-23)35(32,33)26-18-22(13-12-20(26)2)27(31)28-19-25(29(3)4)21-14-16-24(34-5)17-15-21/h7-18,25H,6,19H2,1-5H3,(H,28,31)/p+1/t25-/m0/s1. The summed E-state index contributed by atoms with van der Waals surface area (Å²) >= 11 is 0. The molecule has 7 nitrogen and oxygen atoms in total. The van der Waals surface area contributed by atoms with Gasteiger partial charge in [0.05, 0.1) is 38.3 Å². The van der Waals surface area contributed by atoms with Gasteiger partial charge in [0.25, 0.3) is 15.9 Å². The number of carbonyl (C=O) groups is 1. The minimum atomic E-state index is -3.85. The Morgan fingerprint density at radius 3 is 2.26 bits per heavy atom. The fourth-order valence-corrected chi connectivity index (χ4v) is 5.74. The number of ether oxygens (including phenoxy) is 1. The van der Waals surface area contributed by atoms with Gasteiger partial charge in [-0.3, -0.25) is 9.10 Å². The molecule has 1 amide bonds. The summed E-state index contributed by atoms with van der Waals surface area (Å²) < 4.78 is 33.7. The second-order valence-electron chi connectivity index (χ2n) is 8.60. The van der Waals surface area contributed by atoms with Crippen LogP contribution in [0.25, 0.3) is 0 Å². The molecule has 0 aliphatic heterocycles. The number of aryl methyl sites for hydroxylation is 1. The van der Waals surface area contributed by atoms with Crippen LogP contribution in [-0.2, 0) is 10.0 Å². The molecule has 0 radical (unpaired) electrons. The second kappa shape index (κ2) is 11.4. The van der Waals surface area contributed by atoms with Crippen molar-refractivity contribution in [3.05, 3.63) is 89.5 Å². The second-order valence-corrected chi connectivity index (χ2v) is 10.4. The largest absolute Gasteiger partial charge is 0.497 e. The number of para-hydroxylation sites is 1. The Morgan fingerprint density at radius 1 is 1.03 bits per heavy atom. The van der Waals surface area contributed by atoms with Gasteiger partial charge in [0.15, 0.2) is 0 Å². The van der Waals surface area contributed by atoms with Crippen LogP contribution in [0, 0.1) is 6.92 Å². The van der Waals surface area contributed by atoms with Crippen LogP contribution in [0.2, 0.25) is 0 Å². The summed E-state index contributed by atoms with van der Waals surface area (Å²) in [7, 11) is 1.83. The van der Waals surface area contributed by atoms with Crippen LogP contribution < -0.4 is 19.3 Å². The number of quaternary nitrogens is 1. The molecule has 3 aromatic rings. The molecule has 0 saturated carbocycles. The van der Waals surface area contributed by atoms with Crippen LogP contribution in [0.1, 0.15) is 34.5 Å². The van der Waals surface area contributed by atoms with Crippen molar-refractivity contribution in [1.29, 1.82) is 0 Å². The number of rotatable bonds is 10. The smallest absolute Gasteiger partial charge is 0.264 e. The van der Waals surface area contributed by atoms with E-state index in [0.29, 0.717) is 23.4 Å². The minimum Gasteiger partial charge on any atom is -0.497 e. The van der Waals surface area contributed by atoms with E-state index in [1.54, 1.807) is 57.4 Å². The van der Waals surface area contributed by atoms with E-state index in [1.165, 1.54) is 10.4 Å². The number of methoxy groups -OCH3 is 1. The van der Waals surface area contributed by atoms with E-state index in [9.17, 15) is 13.2 Å². The molecule has 0 spiro atoms. The summed E-state index contributed by atoms with van der Waals surface area (Å²) in [6.07, 6.45) is 0. The highest BCUT2D eigenvalue weighted by molar-refractivity contribution is 7.92. The number of carbonyl (C=O) groups excluding carboxylic acids is 1. The average Bonchev–Trinajstić information content (AvgIpc) is 2.85. The third-order valence-electron chi connectivity index (χ3n) is 6.03. The third-order valence-corrected chi connectivity index (χ3v) is 8.08. The molecule has 3 aromatic carbocycles. The number of nitrogens with zero attached hydrogens (tertiary/aromatic N) is 1. The van der Waals surface area contributed by atoms with Gasteiger partial charge in [0.1, 0.15) is 11.8 Å². The highest BCUT2D eigenvalue weighted by atomic mass is 32.2. The Hall–Kier alpha value is -3.36. The van der Waals surface area contributed by atoms with E-state index in [1.807, 2.05) is 44.4 Å². The van der Waals surface area contributed by atoms with Gasteiger partial charge in [-0.1, -0.05) is 24.3 Å². The topological polar surface area (TPSA) is 80.2 Å². The number of likely N-dealkylation sites (N-methyl/N-ethyl adjacent to an activating group) is 1. The molecule has 8 heteroatoms. The van der Waals surface area contributed by atoms with Crippen molar-refractivity contribution < 1.29 is 22.8 Å². The van der Waals surface area contributed by atoms with Gasteiger partial charge in [-0.15, -0.1) is 0 Å². The lowest BCUT2D eigenvalue weighted by atomic mass is 10.1. The van der Waals surface area contributed by atoms with Crippen molar-refractivity contribution in [3.63, 3.8) is 0 Å². The van der Waals surface area contributed by atoms with Gasteiger partial charge in [-0.2, -0.15) is 0 Å². The Bertz CT molecular complexity index is 1240. The van der Waals surface area contributed by atoms with Crippen LogP contribution in [-0.4, -0.2) is 48.6 Å². The lowest BCUT2D eigenvalue weighted by Crippen LogP contribution is -3.07. The predicted molar refractivity (Wildman–Crippen MR) is 139 cm³/mol. The zero-order valence-electron chi connectivity index (χ0n) is 20.9. The number of amides is 1. The van der Waals surface area contributed by atoms with Crippen molar-refractivity contribution >= 4 is 21.6 Å². The average molecular weight is 497 g/mol. The summed E-state index contributed by atoms with van der Waals surface area (Å²) in [6.45, 7) is 4.20. The van der Waals surface area contributed by atoms with Gasteiger partial charge >= 0.3 is 0 Å². The van der Waals surface area contributed by atoms with E-state index >= 15 is 0 Å². The van der Waals surface area contributed by atoms with Gasteiger partial charge in [-0.05, 0) is 67.9 Å². The maximum atomic E-state index is 13.5. The molecule has 0 heterocycles. The Labute approximate surface area is 208 Å². The lowest BCUT2D eigenvalue weighted by Gasteiger charge is -2.24. The molecule has 0 fully saturated rings. The SMILES string of the molecule is CCN(c1ccccc1)S(=O)(=O)c1cc(C(=O)NC[C@@H](c2ccc(OC)cc2)[NH+](C)C)ccc1C. The summed E-state index contributed by atoms with van der Waals surface area (Å²) in [4.78, 5) is 14.3. The summed E-state index contributed by atoms with van der Waals surface area (Å²) in [6, 6.07) is 21.6. The van der Waals surface area contributed by atoms with Gasteiger partial charge < -0.3 is 15.0 Å². The van der Waals surface area contributed by atoms with Crippen molar-refractivity contribution in [3.8, 4) is 5.75 Å². The number of nitrogens with one attached hydrogen (secondary N) is 2. The summed E-state index contributed by atoms with van der Waals surface area (Å²) in [5.74, 6) is 0.458. The van der Waals surface area contributed by atoms with E-state index in [0.717, 1.165) is 16.2 Å². The molecule has 3 rings (SSSR count). The quantitative estimate of drug-likeness (QED) is 0.452. The van der Waals surface area contributed by atoms with Crippen LogP contribution in [0.15, 0.2) is 77.7 Å². The molecular formula is C27H34N3O4S+. The number of benzene rings is 3. The molecule has 0 saturated heterocycles. The van der Waals surface area contributed by atoms with Crippen molar-refractivity contribution in [1.82, 2.24) is 5.32 Å². The highest BCUT2D eigenvalue weighted by Crippen LogP contribution is 2.26. The number of hydrogen-bond acceptors (Lipinski definition) is 4. The highest BCUT2D eigenvalue weighted by Gasteiger charge is 2.27. The molecule has 186 valence electrons. The maximum absolute atomic E-state index is 13.5. The molecule has 0 aliphatic rings. The first-order chi connectivity index (χ1) is 16.7. The van der Waals surface area contributed by atoms with Crippen LogP contribution in [0.4, 0.5) is 5.69 Å². The zero-order chi connectivity index (χ0) is 25.6. The van der Waals surface area contributed by atoms with Crippen molar-refractivity contribution in [2.75, 3.05) is 38.6 Å². The van der Waals surface area contributed by atoms with Crippen LogP contribution in [0.3, 0.4) is 0 Å². The number of hydrogen-bond donors (Lipinski definition) is 2. The predicted octanol–water partition coefficient (Wildman–Crippen LogP) is 2.83. The zero-order valence-corrected chi connectivity index (χ0v) is 21.7. The molecule has 0 aliphatic carbocycles. The normalized spacial score (nSPS) is 12.3. The lowest BCUT2D eigenvalue weighted by molar-refractivity contribution is -0.890. The fraction of sp³-hybridized carbons (Fsp3) is 0.296. The van der Waals surface area contributed by atoms with Gasteiger partial charge in [-0.25, -0.2) is 8.42 Å². The Morgan fingerprint density at radius 2 is 1.69 bits per heavy atom.